The smallest absolute Gasteiger partial charge is 0.199 e. The third-order valence-electron chi connectivity index (χ3n) is 5.04. The molecule has 1 saturated heterocycles. The monoisotopic (exact) mass is 335 g/mol. The average Bonchev–Trinajstić information content (AvgIpc) is 3.21. The highest BCUT2D eigenvalue weighted by atomic mass is 16.3. The van der Waals surface area contributed by atoms with Crippen molar-refractivity contribution in [2.45, 2.75) is 25.8 Å². The van der Waals surface area contributed by atoms with Crippen LogP contribution >= 0.6 is 0 Å². The van der Waals surface area contributed by atoms with Gasteiger partial charge in [-0.1, -0.05) is 18.2 Å². The van der Waals surface area contributed by atoms with Crippen LogP contribution in [0, 0.1) is 6.92 Å². The number of fused-ring (bicyclic) bond motifs is 1. The van der Waals surface area contributed by atoms with Gasteiger partial charge in [0.2, 0.25) is 0 Å². The predicted octanol–water partition coefficient (Wildman–Crippen LogP) is 4.19. The van der Waals surface area contributed by atoms with E-state index in [0.29, 0.717) is 5.92 Å². The molecule has 1 fully saturated rings. The molecule has 0 spiro atoms. The quantitative estimate of drug-likeness (QED) is 0.715. The molecule has 0 bridgehead atoms. The number of anilines is 1. The molecule has 0 amide bonds. The van der Waals surface area contributed by atoms with Gasteiger partial charge in [0.1, 0.15) is 5.52 Å². The fourth-order valence-corrected chi connectivity index (χ4v) is 3.57. The van der Waals surface area contributed by atoms with E-state index in [-0.39, 0.29) is 0 Å². The van der Waals surface area contributed by atoms with Gasteiger partial charge in [-0.05, 0) is 55.3 Å². The molecule has 3 aromatic rings. The molecule has 0 unspecified atom stereocenters. The van der Waals surface area contributed by atoms with E-state index in [4.69, 9.17) is 9.40 Å². The normalized spacial score (nSPS) is 18.1. The number of hydrogen-bond acceptors (Lipinski definition) is 4. The summed E-state index contributed by atoms with van der Waals surface area (Å²) in [5, 5.41) is 0. The topological polar surface area (TPSA) is 32.5 Å². The molecular formula is C21H25N3O. The average molecular weight is 335 g/mol. The molecule has 130 valence electrons. The van der Waals surface area contributed by atoms with Crippen molar-refractivity contribution in [3.8, 4) is 0 Å². The van der Waals surface area contributed by atoms with Gasteiger partial charge in [-0.25, -0.2) is 4.98 Å². The lowest BCUT2D eigenvalue weighted by atomic mass is 10.1. The number of nitrogens with zero attached hydrogens (tertiary/aromatic N) is 3. The first-order chi connectivity index (χ1) is 12.1. The van der Waals surface area contributed by atoms with Crippen LogP contribution in [0.2, 0.25) is 0 Å². The standard InChI is InChI=1S/C21H25N3O/c1-15-4-9-20-19(12-15)22-21(25-20)17-10-11-24(14-17)13-16-5-7-18(8-6-16)23(2)3/h4-9,12,17H,10-11,13-14H2,1-3H3/t17-/m0/s1. The number of rotatable bonds is 4. The molecule has 1 aliphatic heterocycles. The van der Waals surface area contributed by atoms with Gasteiger partial charge in [0.05, 0.1) is 0 Å². The minimum atomic E-state index is 0.397. The van der Waals surface area contributed by atoms with Crippen LogP contribution in [0.1, 0.15) is 29.4 Å². The van der Waals surface area contributed by atoms with Gasteiger partial charge < -0.3 is 9.32 Å². The summed E-state index contributed by atoms with van der Waals surface area (Å²) in [7, 11) is 4.14. The van der Waals surface area contributed by atoms with Gasteiger partial charge in [0, 0.05) is 38.8 Å². The summed E-state index contributed by atoms with van der Waals surface area (Å²) in [6.45, 7) is 5.19. The Balaban J connectivity index is 1.43. The van der Waals surface area contributed by atoms with E-state index in [1.165, 1.54) is 16.8 Å². The van der Waals surface area contributed by atoms with Crippen LogP contribution < -0.4 is 4.90 Å². The second-order valence-electron chi connectivity index (χ2n) is 7.30. The molecule has 2 heterocycles. The summed E-state index contributed by atoms with van der Waals surface area (Å²) in [4.78, 5) is 9.35. The maximum absolute atomic E-state index is 6.00. The van der Waals surface area contributed by atoms with E-state index in [0.717, 1.165) is 43.0 Å². The second-order valence-corrected chi connectivity index (χ2v) is 7.30. The molecule has 0 aliphatic carbocycles. The maximum atomic E-state index is 6.00. The first-order valence-corrected chi connectivity index (χ1v) is 8.94. The van der Waals surface area contributed by atoms with Gasteiger partial charge in [-0.2, -0.15) is 0 Å². The Labute approximate surface area is 149 Å². The van der Waals surface area contributed by atoms with Crippen molar-refractivity contribution in [1.82, 2.24) is 9.88 Å². The van der Waals surface area contributed by atoms with Crippen LogP contribution in [0.3, 0.4) is 0 Å². The van der Waals surface area contributed by atoms with Crippen LogP contribution in [0.15, 0.2) is 46.9 Å². The van der Waals surface area contributed by atoms with E-state index in [9.17, 15) is 0 Å². The third kappa shape index (κ3) is 3.40. The number of aryl methyl sites for hydroxylation is 1. The van der Waals surface area contributed by atoms with E-state index in [2.05, 4.69) is 67.2 Å². The van der Waals surface area contributed by atoms with E-state index in [1.807, 2.05) is 6.07 Å². The molecule has 1 aromatic heterocycles. The Bertz CT molecular complexity index is 866. The summed E-state index contributed by atoms with van der Waals surface area (Å²) < 4.78 is 6.00. The summed E-state index contributed by atoms with van der Waals surface area (Å²) in [5.74, 6) is 1.29. The molecule has 4 heteroatoms. The van der Waals surface area contributed by atoms with E-state index in [1.54, 1.807) is 0 Å². The van der Waals surface area contributed by atoms with Crippen LogP contribution in [0.4, 0.5) is 5.69 Å². The van der Waals surface area contributed by atoms with Crippen molar-refractivity contribution in [3.05, 3.63) is 59.5 Å². The fourth-order valence-electron chi connectivity index (χ4n) is 3.57. The molecule has 25 heavy (non-hydrogen) atoms. The first-order valence-electron chi connectivity index (χ1n) is 8.94. The molecule has 1 atom stereocenters. The van der Waals surface area contributed by atoms with E-state index >= 15 is 0 Å². The lowest BCUT2D eigenvalue weighted by molar-refractivity contribution is 0.321. The van der Waals surface area contributed by atoms with Crippen molar-refractivity contribution < 1.29 is 4.42 Å². The Morgan fingerprint density at radius 2 is 1.96 bits per heavy atom. The van der Waals surface area contributed by atoms with Gasteiger partial charge in [-0.15, -0.1) is 0 Å². The number of hydrogen-bond donors (Lipinski definition) is 0. The van der Waals surface area contributed by atoms with Crippen LogP contribution in [-0.2, 0) is 6.54 Å². The highest BCUT2D eigenvalue weighted by Crippen LogP contribution is 2.30. The minimum absolute atomic E-state index is 0.397. The highest BCUT2D eigenvalue weighted by molar-refractivity contribution is 5.73. The van der Waals surface area contributed by atoms with Crippen LogP contribution in [0.25, 0.3) is 11.1 Å². The summed E-state index contributed by atoms with van der Waals surface area (Å²) in [5.41, 5.74) is 5.71. The zero-order valence-electron chi connectivity index (χ0n) is 15.2. The van der Waals surface area contributed by atoms with Gasteiger partial charge >= 0.3 is 0 Å². The molecule has 0 saturated carbocycles. The predicted molar refractivity (Wildman–Crippen MR) is 102 cm³/mol. The lowest BCUT2D eigenvalue weighted by Crippen LogP contribution is -2.19. The number of oxazole rings is 1. The van der Waals surface area contributed by atoms with Gasteiger partial charge in [0.15, 0.2) is 11.5 Å². The fraction of sp³-hybridized carbons (Fsp3) is 0.381. The minimum Gasteiger partial charge on any atom is -0.440 e. The SMILES string of the molecule is Cc1ccc2oc([C@H]3CCN(Cc4ccc(N(C)C)cc4)C3)nc2c1. The van der Waals surface area contributed by atoms with Gasteiger partial charge in [0.25, 0.3) is 0 Å². The third-order valence-corrected chi connectivity index (χ3v) is 5.04. The Kier molecular flexibility index (Phi) is 4.22. The van der Waals surface area contributed by atoms with E-state index < -0.39 is 0 Å². The van der Waals surface area contributed by atoms with Gasteiger partial charge in [-0.3, -0.25) is 4.90 Å². The summed E-state index contributed by atoms with van der Waals surface area (Å²) in [6, 6.07) is 15.0. The Morgan fingerprint density at radius 3 is 2.72 bits per heavy atom. The molecule has 1 aliphatic rings. The molecule has 4 nitrogen and oxygen atoms in total. The summed E-state index contributed by atoms with van der Waals surface area (Å²) >= 11 is 0. The second kappa shape index (κ2) is 6.52. The first kappa shape index (κ1) is 16.2. The van der Waals surface area contributed by atoms with Crippen molar-refractivity contribution in [3.63, 3.8) is 0 Å². The largest absolute Gasteiger partial charge is 0.440 e. The van der Waals surface area contributed by atoms with Crippen molar-refractivity contribution in [2.24, 2.45) is 0 Å². The zero-order chi connectivity index (χ0) is 17.4. The number of aromatic nitrogens is 1. The Hall–Kier alpha value is -2.33. The number of likely N-dealkylation sites (tertiary alicyclic amines) is 1. The van der Waals surface area contributed by atoms with Crippen LogP contribution in [-0.4, -0.2) is 37.1 Å². The maximum Gasteiger partial charge on any atom is 0.199 e. The van der Waals surface area contributed by atoms with Crippen LogP contribution in [0.5, 0.6) is 0 Å². The molecule has 0 radical (unpaired) electrons. The Morgan fingerprint density at radius 1 is 1.16 bits per heavy atom. The lowest BCUT2D eigenvalue weighted by Gasteiger charge is -2.17. The molecule has 0 N–H and O–H groups in total. The molecular weight excluding hydrogens is 310 g/mol. The van der Waals surface area contributed by atoms with Crippen molar-refractivity contribution in [2.75, 3.05) is 32.1 Å². The van der Waals surface area contributed by atoms with Crippen molar-refractivity contribution >= 4 is 16.8 Å². The highest BCUT2D eigenvalue weighted by Gasteiger charge is 2.27. The molecule has 2 aromatic carbocycles. The summed E-state index contributed by atoms with van der Waals surface area (Å²) in [6.07, 6.45) is 1.11. The zero-order valence-corrected chi connectivity index (χ0v) is 15.2. The molecule has 4 rings (SSSR count). The number of benzene rings is 2. The van der Waals surface area contributed by atoms with Crippen molar-refractivity contribution in [1.29, 1.82) is 0 Å².